The minimum absolute atomic E-state index is 0.451. The zero-order chi connectivity index (χ0) is 11.3. The lowest BCUT2D eigenvalue weighted by molar-refractivity contribution is 0.514. The van der Waals surface area contributed by atoms with Crippen LogP contribution in [0, 0.1) is 0 Å². The van der Waals surface area contributed by atoms with Crippen LogP contribution in [0.4, 0.5) is 0 Å². The monoisotopic (exact) mass is 245 g/mol. The SMILES string of the molecule is CCCC(Cc1c(Cl)cccc1Cl)NC. The van der Waals surface area contributed by atoms with Crippen LogP contribution in [-0.4, -0.2) is 13.1 Å². The van der Waals surface area contributed by atoms with Crippen molar-refractivity contribution in [1.82, 2.24) is 5.32 Å². The molecule has 1 aromatic rings. The second-order valence-corrected chi connectivity index (χ2v) is 4.49. The standard InChI is InChI=1S/C12H17Cl2N/c1-3-5-9(15-2)8-10-11(13)6-4-7-12(10)14/h4,6-7,9,15H,3,5,8H2,1-2H3. The Morgan fingerprint density at radius 3 is 2.33 bits per heavy atom. The van der Waals surface area contributed by atoms with E-state index >= 15 is 0 Å². The van der Waals surface area contributed by atoms with Gasteiger partial charge in [0.2, 0.25) is 0 Å². The number of rotatable bonds is 5. The molecule has 1 aromatic carbocycles. The number of halogens is 2. The Kier molecular flexibility index (Phi) is 5.44. The molecule has 1 nitrogen and oxygen atoms in total. The predicted octanol–water partition coefficient (Wildman–Crippen LogP) is 3.92. The Labute approximate surface area is 102 Å². The maximum absolute atomic E-state index is 6.12. The first-order chi connectivity index (χ1) is 7.19. The highest BCUT2D eigenvalue weighted by atomic mass is 35.5. The van der Waals surface area contributed by atoms with Crippen LogP contribution >= 0.6 is 23.2 Å². The van der Waals surface area contributed by atoms with Gasteiger partial charge in [-0.05, 0) is 37.6 Å². The molecule has 0 aliphatic rings. The van der Waals surface area contributed by atoms with Crippen molar-refractivity contribution < 1.29 is 0 Å². The van der Waals surface area contributed by atoms with Gasteiger partial charge < -0.3 is 5.32 Å². The Morgan fingerprint density at radius 1 is 1.27 bits per heavy atom. The first kappa shape index (κ1) is 12.8. The summed E-state index contributed by atoms with van der Waals surface area (Å²) in [4.78, 5) is 0. The van der Waals surface area contributed by atoms with Gasteiger partial charge in [-0.2, -0.15) is 0 Å². The number of likely N-dealkylation sites (N-methyl/N-ethyl adjacent to an activating group) is 1. The topological polar surface area (TPSA) is 12.0 Å². The van der Waals surface area contributed by atoms with E-state index in [1.54, 1.807) is 0 Å². The zero-order valence-corrected chi connectivity index (χ0v) is 10.7. The molecule has 1 rings (SSSR count). The van der Waals surface area contributed by atoms with Gasteiger partial charge in [-0.25, -0.2) is 0 Å². The normalized spacial score (nSPS) is 12.8. The lowest BCUT2D eigenvalue weighted by Gasteiger charge is -2.16. The average molecular weight is 246 g/mol. The highest BCUT2D eigenvalue weighted by Gasteiger charge is 2.11. The van der Waals surface area contributed by atoms with Gasteiger partial charge in [-0.1, -0.05) is 42.6 Å². The Balaban J connectivity index is 2.78. The first-order valence-electron chi connectivity index (χ1n) is 5.29. The van der Waals surface area contributed by atoms with Crippen molar-refractivity contribution in [3.05, 3.63) is 33.8 Å². The van der Waals surface area contributed by atoms with Crippen LogP contribution in [0.25, 0.3) is 0 Å². The molecule has 1 N–H and O–H groups in total. The lowest BCUT2D eigenvalue weighted by Crippen LogP contribution is -2.27. The van der Waals surface area contributed by atoms with E-state index in [1.807, 2.05) is 25.2 Å². The lowest BCUT2D eigenvalue weighted by atomic mass is 10.0. The number of hydrogen-bond donors (Lipinski definition) is 1. The fourth-order valence-corrected chi connectivity index (χ4v) is 2.22. The Hall–Kier alpha value is -0.240. The molecule has 0 saturated heterocycles. The fourth-order valence-electron chi connectivity index (χ4n) is 1.67. The third kappa shape index (κ3) is 3.67. The minimum Gasteiger partial charge on any atom is -0.317 e. The summed E-state index contributed by atoms with van der Waals surface area (Å²) in [5.41, 5.74) is 1.05. The summed E-state index contributed by atoms with van der Waals surface area (Å²) in [5, 5.41) is 4.81. The molecule has 0 aromatic heterocycles. The van der Waals surface area contributed by atoms with Crippen molar-refractivity contribution in [2.24, 2.45) is 0 Å². The molecule has 0 aliphatic carbocycles. The summed E-state index contributed by atoms with van der Waals surface area (Å²) >= 11 is 12.2. The number of nitrogens with one attached hydrogen (secondary N) is 1. The van der Waals surface area contributed by atoms with Crippen LogP contribution in [0.15, 0.2) is 18.2 Å². The average Bonchev–Trinajstić information content (AvgIpc) is 2.22. The van der Waals surface area contributed by atoms with Gasteiger partial charge in [-0.15, -0.1) is 0 Å². The summed E-state index contributed by atoms with van der Waals surface area (Å²) in [6.07, 6.45) is 3.19. The first-order valence-corrected chi connectivity index (χ1v) is 6.04. The number of benzene rings is 1. The molecule has 0 aliphatic heterocycles. The van der Waals surface area contributed by atoms with E-state index in [1.165, 1.54) is 0 Å². The summed E-state index contributed by atoms with van der Waals surface area (Å²) < 4.78 is 0. The van der Waals surface area contributed by atoms with Gasteiger partial charge >= 0.3 is 0 Å². The summed E-state index contributed by atoms with van der Waals surface area (Å²) in [6.45, 7) is 2.18. The summed E-state index contributed by atoms with van der Waals surface area (Å²) in [6, 6.07) is 6.11. The molecule has 3 heteroatoms. The van der Waals surface area contributed by atoms with Crippen molar-refractivity contribution in [2.75, 3.05) is 7.05 Å². The third-order valence-corrected chi connectivity index (χ3v) is 3.27. The fraction of sp³-hybridized carbons (Fsp3) is 0.500. The van der Waals surface area contributed by atoms with Crippen LogP contribution in [-0.2, 0) is 6.42 Å². The molecule has 0 amide bonds. The Bertz CT molecular complexity index is 292. The minimum atomic E-state index is 0.451. The third-order valence-electron chi connectivity index (χ3n) is 2.56. The molecule has 0 fully saturated rings. The summed E-state index contributed by atoms with van der Waals surface area (Å²) in [5.74, 6) is 0. The van der Waals surface area contributed by atoms with E-state index in [-0.39, 0.29) is 0 Å². The summed E-state index contributed by atoms with van der Waals surface area (Å²) in [7, 11) is 1.98. The number of hydrogen-bond acceptors (Lipinski definition) is 1. The van der Waals surface area contributed by atoms with Crippen molar-refractivity contribution in [1.29, 1.82) is 0 Å². The van der Waals surface area contributed by atoms with Crippen LogP contribution in [0.1, 0.15) is 25.3 Å². The predicted molar refractivity (Wildman–Crippen MR) is 67.9 cm³/mol. The largest absolute Gasteiger partial charge is 0.317 e. The Morgan fingerprint density at radius 2 is 1.87 bits per heavy atom. The molecule has 0 bridgehead atoms. The second kappa shape index (κ2) is 6.37. The molecule has 0 saturated carbocycles. The van der Waals surface area contributed by atoms with E-state index in [4.69, 9.17) is 23.2 Å². The molecular formula is C12H17Cl2N. The van der Waals surface area contributed by atoms with E-state index in [9.17, 15) is 0 Å². The quantitative estimate of drug-likeness (QED) is 0.830. The van der Waals surface area contributed by atoms with Gasteiger partial charge in [0.15, 0.2) is 0 Å². The van der Waals surface area contributed by atoms with Gasteiger partial charge in [0.05, 0.1) is 0 Å². The molecule has 0 radical (unpaired) electrons. The zero-order valence-electron chi connectivity index (χ0n) is 9.19. The van der Waals surface area contributed by atoms with Crippen LogP contribution in [0.5, 0.6) is 0 Å². The van der Waals surface area contributed by atoms with Crippen molar-refractivity contribution in [2.45, 2.75) is 32.2 Å². The van der Waals surface area contributed by atoms with Gasteiger partial charge in [0, 0.05) is 16.1 Å². The molecule has 1 atom stereocenters. The van der Waals surface area contributed by atoms with Crippen LogP contribution in [0.2, 0.25) is 10.0 Å². The molecule has 1 unspecified atom stereocenters. The highest BCUT2D eigenvalue weighted by molar-refractivity contribution is 6.35. The highest BCUT2D eigenvalue weighted by Crippen LogP contribution is 2.26. The molecule has 84 valence electrons. The van der Waals surface area contributed by atoms with Crippen molar-refractivity contribution in [3.63, 3.8) is 0 Å². The smallest absolute Gasteiger partial charge is 0.0453 e. The van der Waals surface area contributed by atoms with E-state index in [2.05, 4.69) is 12.2 Å². The van der Waals surface area contributed by atoms with Crippen molar-refractivity contribution in [3.8, 4) is 0 Å². The van der Waals surface area contributed by atoms with Gasteiger partial charge in [0.1, 0.15) is 0 Å². The maximum atomic E-state index is 6.12. The molecule has 15 heavy (non-hydrogen) atoms. The van der Waals surface area contributed by atoms with Crippen LogP contribution in [0.3, 0.4) is 0 Å². The van der Waals surface area contributed by atoms with E-state index in [0.717, 1.165) is 34.9 Å². The maximum Gasteiger partial charge on any atom is 0.0453 e. The molecular weight excluding hydrogens is 229 g/mol. The van der Waals surface area contributed by atoms with Gasteiger partial charge in [0.25, 0.3) is 0 Å². The van der Waals surface area contributed by atoms with Crippen LogP contribution < -0.4 is 5.32 Å². The van der Waals surface area contributed by atoms with Crippen molar-refractivity contribution >= 4 is 23.2 Å². The van der Waals surface area contributed by atoms with E-state index < -0.39 is 0 Å². The second-order valence-electron chi connectivity index (χ2n) is 3.68. The molecule has 0 heterocycles. The van der Waals surface area contributed by atoms with E-state index in [0.29, 0.717) is 6.04 Å². The molecule has 0 spiro atoms. The van der Waals surface area contributed by atoms with Gasteiger partial charge in [-0.3, -0.25) is 0 Å².